The average Bonchev–Trinajstić information content (AvgIpc) is 2.66. The van der Waals surface area contributed by atoms with Crippen molar-refractivity contribution in [3.63, 3.8) is 0 Å². The van der Waals surface area contributed by atoms with Crippen LogP contribution in [0.3, 0.4) is 0 Å². The Kier molecular flexibility index (Phi) is 12.8. The molecule has 2 N–H and O–H groups in total. The predicted molar refractivity (Wildman–Crippen MR) is 122 cm³/mol. The summed E-state index contributed by atoms with van der Waals surface area (Å²) in [7, 11) is 1.85. The number of guanidine groups is 1. The number of hydrogen-bond donors (Lipinski definition) is 2. The highest BCUT2D eigenvalue weighted by Crippen LogP contribution is 2.12. The van der Waals surface area contributed by atoms with Gasteiger partial charge in [-0.05, 0) is 11.8 Å². The normalized spacial score (nSPS) is 22.2. The number of morpholine rings is 2. The molecular formula is C19H40IN5O2. The molecule has 2 fully saturated rings. The number of nitrogens with zero attached hydrogens (tertiary/aromatic N) is 3. The summed E-state index contributed by atoms with van der Waals surface area (Å²) in [4.78, 5) is 9.42. The van der Waals surface area contributed by atoms with E-state index in [2.05, 4.69) is 46.2 Å². The van der Waals surface area contributed by atoms with Crippen LogP contribution in [0.25, 0.3) is 0 Å². The van der Waals surface area contributed by atoms with E-state index in [1.54, 1.807) is 0 Å². The van der Waals surface area contributed by atoms with E-state index in [-0.39, 0.29) is 24.0 Å². The van der Waals surface area contributed by atoms with E-state index in [0.717, 1.165) is 78.2 Å². The van der Waals surface area contributed by atoms with Crippen LogP contribution in [0.2, 0.25) is 0 Å². The summed E-state index contributed by atoms with van der Waals surface area (Å²) >= 11 is 0. The van der Waals surface area contributed by atoms with Crippen LogP contribution in [-0.4, -0.2) is 101 Å². The van der Waals surface area contributed by atoms with E-state index in [0.29, 0.717) is 17.9 Å². The van der Waals surface area contributed by atoms with Gasteiger partial charge < -0.3 is 20.1 Å². The van der Waals surface area contributed by atoms with Crippen molar-refractivity contribution < 1.29 is 9.47 Å². The van der Waals surface area contributed by atoms with Gasteiger partial charge in [0.15, 0.2) is 5.96 Å². The second-order valence-corrected chi connectivity index (χ2v) is 7.81. The van der Waals surface area contributed by atoms with Crippen LogP contribution in [0.15, 0.2) is 4.99 Å². The Hall–Kier alpha value is -0.160. The fourth-order valence-electron chi connectivity index (χ4n) is 3.68. The second-order valence-electron chi connectivity index (χ2n) is 7.81. The lowest BCUT2D eigenvalue weighted by Gasteiger charge is -2.37. The van der Waals surface area contributed by atoms with Crippen molar-refractivity contribution in [1.82, 2.24) is 20.4 Å². The minimum absolute atomic E-state index is 0. The smallest absolute Gasteiger partial charge is 0.191 e. The molecule has 0 aromatic heterocycles. The Balaban J connectivity index is 0.00000364. The molecule has 0 aromatic rings. The van der Waals surface area contributed by atoms with Crippen LogP contribution in [-0.2, 0) is 9.47 Å². The Morgan fingerprint density at radius 3 is 2.04 bits per heavy atom. The van der Waals surface area contributed by atoms with Gasteiger partial charge in [-0.1, -0.05) is 20.8 Å². The fraction of sp³-hybridized carbons (Fsp3) is 0.947. The maximum Gasteiger partial charge on any atom is 0.191 e. The van der Waals surface area contributed by atoms with Crippen LogP contribution in [0, 0.1) is 11.8 Å². The van der Waals surface area contributed by atoms with Gasteiger partial charge in [0, 0.05) is 58.9 Å². The van der Waals surface area contributed by atoms with Gasteiger partial charge in [-0.15, -0.1) is 24.0 Å². The number of hydrogen-bond acceptors (Lipinski definition) is 5. The highest BCUT2D eigenvalue weighted by molar-refractivity contribution is 14.0. The molecular weight excluding hydrogens is 457 g/mol. The van der Waals surface area contributed by atoms with E-state index in [1.807, 2.05) is 7.05 Å². The van der Waals surface area contributed by atoms with Gasteiger partial charge in [-0.3, -0.25) is 14.8 Å². The monoisotopic (exact) mass is 497 g/mol. The number of aliphatic imine (C=N–C) groups is 1. The number of rotatable bonds is 8. The zero-order valence-corrected chi connectivity index (χ0v) is 19.9. The van der Waals surface area contributed by atoms with Crippen molar-refractivity contribution >= 4 is 29.9 Å². The van der Waals surface area contributed by atoms with Crippen molar-refractivity contribution in [2.45, 2.75) is 26.8 Å². The minimum Gasteiger partial charge on any atom is -0.379 e. The summed E-state index contributed by atoms with van der Waals surface area (Å²) in [5.74, 6) is 2.07. The van der Waals surface area contributed by atoms with Gasteiger partial charge in [0.2, 0.25) is 0 Å². The van der Waals surface area contributed by atoms with Crippen molar-refractivity contribution in [1.29, 1.82) is 0 Å². The lowest BCUT2D eigenvalue weighted by molar-refractivity contribution is 0.00751. The third-order valence-electron chi connectivity index (χ3n) is 5.28. The van der Waals surface area contributed by atoms with E-state index in [4.69, 9.17) is 9.47 Å². The predicted octanol–water partition coefficient (Wildman–Crippen LogP) is 1.09. The Morgan fingerprint density at radius 1 is 0.926 bits per heavy atom. The van der Waals surface area contributed by atoms with Crippen LogP contribution < -0.4 is 10.6 Å². The van der Waals surface area contributed by atoms with Gasteiger partial charge in [0.1, 0.15) is 0 Å². The summed E-state index contributed by atoms with van der Waals surface area (Å²) < 4.78 is 10.9. The lowest BCUT2D eigenvalue weighted by Crippen LogP contribution is -2.53. The number of nitrogens with one attached hydrogen (secondary N) is 2. The number of halogens is 1. The van der Waals surface area contributed by atoms with Crippen LogP contribution in [0.5, 0.6) is 0 Å². The Morgan fingerprint density at radius 2 is 1.48 bits per heavy atom. The summed E-state index contributed by atoms with van der Waals surface area (Å²) in [5.41, 5.74) is 0. The fourth-order valence-corrected chi connectivity index (χ4v) is 3.68. The molecule has 2 heterocycles. The maximum atomic E-state index is 5.49. The van der Waals surface area contributed by atoms with Crippen molar-refractivity contribution in [2.24, 2.45) is 16.8 Å². The van der Waals surface area contributed by atoms with E-state index in [9.17, 15) is 0 Å². The van der Waals surface area contributed by atoms with E-state index in [1.165, 1.54) is 0 Å². The molecule has 160 valence electrons. The third kappa shape index (κ3) is 9.25. The molecule has 2 saturated heterocycles. The first-order valence-corrected chi connectivity index (χ1v) is 10.2. The molecule has 2 aliphatic heterocycles. The molecule has 2 unspecified atom stereocenters. The number of ether oxygens (including phenoxy) is 2. The molecule has 2 atom stereocenters. The van der Waals surface area contributed by atoms with Gasteiger partial charge in [0.05, 0.1) is 26.4 Å². The first kappa shape index (κ1) is 24.9. The van der Waals surface area contributed by atoms with Gasteiger partial charge in [-0.2, -0.15) is 0 Å². The third-order valence-corrected chi connectivity index (χ3v) is 5.28. The summed E-state index contributed by atoms with van der Waals surface area (Å²) in [6.07, 6.45) is 0. The Bertz CT molecular complexity index is 413. The molecule has 2 aliphatic rings. The molecule has 2 rings (SSSR count). The minimum atomic E-state index is 0. The molecule has 0 radical (unpaired) electrons. The quantitative estimate of drug-likeness (QED) is 0.298. The molecule has 0 aromatic carbocycles. The highest BCUT2D eigenvalue weighted by atomic mass is 127. The SMILES string of the molecule is CN=C(NCC(C)CN1CCOCC1)NCC(C(C)C)N1CCOCC1.I. The average molecular weight is 497 g/mol. The van der Waals surface area contributed by atoms with Crippen molar-refractivity contribution in [2.75, 3.05) is 79.3 Å². The van der Waals surface area contributed by atoms with Gasteiger partial charge in [0.25, 0.3) is 0 Å². The van der Waals surface area contributed by atoms with Crippen molar-refractivity contribution in [3.8, 4) is 0 Å². The molecule has 0 aliphatic carbocycles. The molecule has 7 nitrogen and oxygen atoms in total. The zero-order chi connectivity index (χ0) is 18.8. The summed E-state index contributed by atoms with van der Waals surface area (Å²) in [6.45, 7) is 17.4. The first-order chi connectivity index (χ1) is 12.6. The van der Waals surface area contributed by atoms with Crippen LogP contribution in [0.4, 0.5) is 0 Å². The summed E-state index contributed by atoms with van der Waals surface area (Å²) in [6, 6.07) is 0.503. The zero-order valence-electron chi connectivity index (χ0n) is 17.6. The van der Waals surface area contributed by atoms with Gasteiger partial charge >= 0.3 is 0 Å². The molecule has 0 saturated carbocycles. The molecule has 27 heavy (non-hydrogen) atoms. The molecule has 0 spiro atoms. The first-order valence-electron chi connectivity index (χ1n) is 10.2. The second kappa shape index (κ2) is 13.9. The highest BCUT2D eigenvalue weighted by Gasteiger charge is 2.24. The Labute approximate surface area is 182 Å². The van der Waals surface area contributed by atoms with Crippen LogP contribution in [0.1, 0.15) is 20.8 Å². The largest absolute Gasteiger partial charge is 0.379 e. The standard InChI is InChI=1S/C19H39N5O2.HI/c1-16(2)18(24-7-11-26-12-8-24)14-22-19(20-4)21-13-17(3)15-23-5-9-25-10-6-23;/h16-18H,5-15H2,1-4H3,(H2,20,21,22);1H. The molecule has 0 amide bonds. The van der Waals surface area contributed by atoms with E-state index >= 15 is 0 Å². The molecule has 8 heteroatoms. The maximum absolute atomic E-state index is 5.49. The lowest BCUT2D eigenvalue weighted by atomic mass is 10.0. The van der Waals surface area contributed by atoms with Crippen molar-refractivity contribution in [3.05, 3.63) is 0 Å². The van der Waals surface area contributed by atoms with E-state index < -0.39 is 0 Å². The van der Waals surface area contributed by atoms with Crippen LogP contribution >= 0.6 is 24.0 Å². The van der Waals surface area contributed by atoms with Gasteiger partial charge in [-0.25, -0.2) is 0 Å². The molecule has 0 bridgehead atoms. The topological polar surface area (TPSA) is 61.4 Å². The summed E-state index contributed by atoms with van der Waals surface area (Å²) in [5, 5.41) is 7.02.